The summed E-state index contributed by atoms with van der Waals surface area (Å²) in [6.07, 6.45) is 5.03. The lowest BCUT2D eigenvalue weighted by Crippen LogP contribution is -2.20. The predicted octanol–water partition coefficient (Wildman–Crippen LogP) is 4.82. The third kappa shape index (κ3) is 2.43. The first-order valence-corrected chi connectivity index (χ1v) is 8.62. The second kappa shape index (κ2) is 6.20. The van der Waals surface area contributed by atoms with E-state index in [1.165, 1.54) is 32.7 Å². The molecule has 0 fully saturated rings. The van der Waals surface area contributed by atoms with Crippen molar-refractivity contribution in [3.63, 3.8) is 0 Å². The van der Waals surface area contributed by atoms with Gasteiger partial charge >= 0.3 is 0 Å². The molecular formula is C22H20O2. The van der Waals surface area contributed by atoms with E-state index in [0.717, 1.165) is 25.4 Å². The Bertz CT molecular complexity index is 926. The highest BCUT2D eigenvalue weighted by Gasteiger charge is 2.28. The average Bonchev–Trinajstić information content (AvgIpc) is 2.61. The lowest BCUT2D eigenvalue weighted by molar-refractivity contribution is -0.108. The van der Waals surface area contributed by atoms with E-state index in [2.05, 4.69) is 48.5 Å². The first-order chi connectivity index (χ1) is 11.8. The van der Waals surface area contributed by atoms with Crippen molar-refractivity contribution in [1.82, 2.24) is 0 Å². The van der Waals surface area contributed by atoms with Crippen molar-refractivity contribution >= 4 is 34.1 Å². The minimum Gasteiger partial charge on any atom is -0.303 e. The Labute approximate surface area is 141 Å². The Morgan fingerprint density at radius 1 is 0.833 bits per heavy atom. The molecule has 1 aliphatic carbocycles. The van der Waals surface area contributed by atoms with Crippen molar-refractivity contribution in [2.24, 2.45) is 5.92 Å². The van der Waals surface area contributed by atoms with Crippen LogP contribution in [0.2, 0.25) is 0 Å². The smallest absolute Gasteiger partial charge is 0.120 e. The molecule has 2 nitrogen and oxygen atoms in total. The molecule has 2 unspecified atom stereocenters. The van der Waals surface area contributed by atoms with Crippen molar-refractivity contribution in [3.8, 4) is 0 Å². The van der Waals surface area contributed by atoms with E-state index < -0.39 is 0 Å². The van der Waals surface area contributed by atoms with Gasteiger partial charge in [-0.25, -0.2) is 0 Å². The fraction of sp³-hybridized carbons (Fsp3) is 0.273. The van der Waals surface area contributed by atoms with Crippen molar-refractivity contribution in [1.29, 1.82) is 0 Å². The highest BCUT2D eigenvalue weighted by atomic mass is 16.1. The van der Waals surface area contributed by atoms with Gasteiger partial charge in [0.2, 0.25) is 0 Å². The lowest BCUT2D eigenvalue weighted by Gasteiger charge is -2.31. The van der Waals surface area contributed by atoms with Gasteiger partial charge in [-0.1, -0.05) is 48.5 Å². The molecule has 0 spiro atoms. The van der Waals surface area contributed by atoms with E-state index in [1.54, 1.807) is 0 Å². The fourth-order valence-electron chi connectivity index (χ4n) is 4.38. The number of carbonyl (C=O) groups excluding carboxylic acids is 2. The van der Waals surface area contributed by atoms with Crippen LogP contribution in [0.25, 0.3) is 21.5 Å². The summed E-state index contributed by atoms with van der Waals surface area (Å²) in [5.41, 5.74) is 2.63. The normalized spacial score (nSPS) is 20.0. The third-order valence-corrected chi connectivity index (χ3v) is 5.40. The highest BCUT2D eigenvalue weighted by Crippen LogP contribution is 2.42. The minimum absolute atomic E-state index is 0.223. The molecule has 2 heteroatoms. The van der Waals surface area contributed by atoms with Crippen LogP contribution in [0.4, 0.5) is 0 Å². The van der Waals surface area contributed by atoms with Crippen molar-refractivity contribution in [2.45, 2.75) is 31.6 Å². The molecule has 0 bridgehead atoms. The predicted molar refractivity (Wildman–Crippen MR) is 97.4 cm³/mol. The standard InChI is InChI=1S/C22H20O2/c23-11-9-15-13-17-6-7-20-19-4-2-1-3-16(19)5-8-21(20)22(17)18(14-15)10-12-24/h1-8,11-12,15,18H,9-10,13-14H2. The van der Waals surface area contributed by atoms with Gasteiger partial charge in [0.25, 0.3) is 0 Å². The Morgan fingerprint density at radius 3 is 2.46 bits per heavy atom. The van der Waals surface area contributed by atoms with Gasteiger partial charge in [-0.3, -0.25) is 0 Å². The van der Waals surface area contributed by atoms with Crippen LogP contribution in [0.3, 0.4) is 0 Å². The summed E-state index contributed by atoms with van der Waals surface area (Å²) in [5.74, 6) is 0.582. The summed E-state index contributed by atoms with van der Waals surface area (Å²) in [6, 6.07) is 17.2. The maximum absolute atomic E-state index is 11.2. The number of hydrogen-bond acceptors (Lipinski definition) is 2. The number of carbonyl (C=O) groups is 2. The average molecular weight is 316 g/mol. The summed E-state index contributed by atoms with van der Waals surface area (Å²) in [5, 5.41) is 5.03. The molecule has 0 aliphatic heterocycles. The molecule has 1 aliphatic rings. The summed E-state index contributed by atoms with van der Waals surface area (Å²) in [6.45, 7) is 0. The van der Waals surface area contributed by atoms with Crippen LogP contribution in [-0.4, -0.2) is 12.6 Å². The largest absolute Gasteiger partial charge is 0.303 e. The first-order valence-electron chi connectivity index (χ1n) is 8.62. The van der Waals surface area contributed by atoms with Gasteiger partial charge in [-0.15, -0.1) is 0 Å². The SMILES string of the molecule is O=CCC1Cc2ccc3c(ccc4ccccc43)c2C(CC=O)C1. The zero-order chi connectivity index (χ0) is 16.5. The monoisotopic (exact) mass is 316 g/mol. The Morgan fingerprint density at radius 2 is 1.62 bits per heavy atom. The van der Waals surface area contributed by atoms with Crippen LogP contribution in [0.1, 0.15) is 36.3 Å². The fourth-order valence-corrected chi connectivity index (χ4v) is 4.38. The van der Waals surface area contributed by atoms with Gasteiger partial charge in [0.15, 0.2) is 0 Å². The summed E-state index contributed by atoms with van der Waals surface area (Å²) in [7, 11) is 0. The maximum atomic E-state index is 11.2. The van der Waals surface area contributed by atoms with Crippen LogP contribution in [0.5, 0.6) is 0 Å². The minimum atomic E-state index is 0.223. The van der Waals surface area contributed by atoms with Crippen LogP contribution in [0.15, 0.2) is 48.5 Å². The molecule has 4 rings (SSSR count). The number of hydrogen-bond donors (Lipinski definition) is 0. The number of benzene rings is 3. The van der Waals surface area contributed by atoms with Crippen molar-refractivity contribution < 1.29 is 9.59 Å². The van der Waals surface area contributed by atoms with Gasteiger partial charge in [-0.2, -0.15) is 0 Å². The molecule has 0 radical (unpaired) electrons. The molecule has 0 aromatic heterocycles. The van der Waals surface area contributed by atoms with Crippen LogP contribution >= 0.6 is 0 Å². The summed E-state index contributed by atoms with van der Waals surface area (Å²) < 4.78 is 0. The van der Waals surface area contributed by atoms with E-state index >= 15 is 0 Å². The molecule has 120 valence electrons. The zero-order valence-corrected chi connectivity index (χ0v) is 13.6. The van der Waals surface area contributed by atoms with E-state index in [0.29, 0.717) is 18.8 Å². The van der Waals surface area contributed by atoms with Gasteiger partial charge in [0, 0.05) is 12.8 Å². The molecule has 3 aromatic rings. The summed E-state index contributed by atoms with van der Waals surface area (Å²) >= 11 is 0. The number of fused-ring (bicyclic) bond motifs is 5. The molecule has 2 atom stereocenters. The Hall–Kier alpha value is -2.48. The molecular weight excluding hydrogens is 296 g/mol. The zero-order valence-electron chi connectivity index (χ0n) is 13.6. The maximum Gasteiger partial charge on any atom is 0.120 e. The van der Waals surface area contributed by atoms with Crippen LogP contribution < -0.4 is 0 Å². The lowest BCUT2D eigenvalue weighted by atomic mass is 9.73. The van der Waals surface area contributed by atoms with E-state index in [9.17, 15) is 9.59 Å². The molecule has 0 saturated carbocycles. The Balaban J connectivity index is 1.95. The molecule has 24 heavy (non-hydrogen) atoms. The van der Waals surface area contributed by atoms with Crippen LogP contribution in [0, 0.1) is 5.92 Å². The first kappa shape index (κ1) is 15.1. The van der Waals surface area contributed by atoms with Crippen molar-refractivity contribution in [3.05, 3.63) is 59.7 Å². The molecule has 0 saturated heterocycles. The van der Waals surface area contributed by atoms with Gasteiger partial charge in [0.1, 0.15) is 12.6 Å². The quantitative estimate of drug-likeness (QED) is 0.511. The van der Waals surface area contributed by atoms with Crippen molar-refractivity contribution in [2.75, 3.05) is 0 Å². The van der Waals surface area contributed by atoms with E-state index in [1.807, 2.05) is 0 Å². The molecule has 3 aromatic carbocycles. The highest BCUT2D eigenvalue weighted by molar-refractivity contribution is 6.09. The second-order valence-electron chi connectivity index (χ2n) is 6.83. The molecule has 0 amide bonds. The van der Waals surface area contributed by atoms with Gasteiger partial charge in [0.05, 0.1) is 0 Å². The topological polar surface area (TPSA) is 34.1 Å². The van der Waals surface area contributed by atoms with E-state index in [4.69, 9.17) is 0 Å². The molecule has 0 N–H and O–H groups in total. The second-order valence-corrected chi connectivity index (χ2v) is 6.83. The van der Waals surface area contributed by atoms with E-state index in [-0.39, 0.29) is 5.92 Å². The third-order valence-electron chi connectivity index (χ3n) is 5.40. The van der Waals surface area contributed by atoms with Crippen LogP contribution in [-0.2, 0) is 16.0 Å². The van der Waals surface area contributed by atoms with Gasteiger partial charge < -0.3 is 9.59 Å². The number of aldehydes is 2. The van der Waals surface area contributed by atoms with Gasteiger partial charge in [-0.05, 0) is 57.3 Å². The summed E-state index contributed by atoms with van der Waals surface area (Å²) in [4.78, 5) is 22.2. The number of rotatable bonds is 4. The Kier molecular flexibility index (Phi) is 3.89. The molecule has 0 heterocycles.